The number of fused-ring (bicyclic) bond motifs is 3. The lowest BCUT2D eigenvalue weighted by atomic mass is 9.81. The van der Waals surface area contributed by atoms with Crippen molar-refractivity contribution in [2.45, 2.75) is 83.0 Å². The third kappa shape index (κ3) is 3.74. The predicted octanol–water partition coefficient (Wildman–Crippen LogP) is 10.4. The second-order valence-electron chi connectivity index (χ2n) is 12.9. The molecule has 0 atom stereocenters. The first-order chi connectivity index (χ1) is 18.9. The minimum Gasteiger partial charge on any atom is -0.336 e. The van der Waals surface area contributed by atoms with E-state index in [4.69, 9.17) is 0 Å². The van der Waals surface area contributed by atoms with Crippen LogP contribution in [0.5, 0.6) is 0 Å². The van der Waals surface area contributed by atoms with E-state index in [-0.39, 0.29) is 11.0 Å². The SMILES string of the molecule is [2H]C1(c2cc3c(cc2N(c2cccc(-c4ccccc4)c2C2([2H])CC2)C(C)(C)C)-c2ccccc2C3(C)C)CC1. The van der Waals surface area contributed by atoms with E-state index in [0.717, 1.165) is 59.3 Å². The van der Waals surface area contributed by atoms with Crippen LogP contribution < -0.4 is 4.90 Å². The van der Waals surface area contributed by atoms with Gasteiger partial charge in [-0.25, -0.2) is 0 Å². The van der Waals surface area contributed by atoms with E-state index < -0.39 is 11.8 Å². The quantitative estimate of drug-likeness (QED) is 0.264. The number of hydrogen-bond acceptors (Lipinski definition) is 1. The Labute approximate surface area is 231 Å². The van der Waals surface area contributed by atoms with Gasteiger partial charge in [-0.2, -0.15) is 0 Å². The minimum atomic E-state index is -0.588. The molecule has 7 rings (SSSR count). The van der Waals surface area contributed by atoms with Crippen LogP contribution in [0.15, 0.2) is 84.9 Å². The molecular weight excluding hydrogens is 458 g/mol. The van der Waals surface area contributed by atoms with Crippen LogP contribution in [0.2, 0.25) is 0 Å². The Morgan fingerprint density at radius 3 is 2.03 bits per heavy atom. The Hall–Kier alpha value is -3.32. The molecule has 1 nitrogen and oxygen atoms in total. The normalized spacial score (nSPS) is 20.1. The van der Waals surface area contributed by atoms with Crippen LogP contribution in [0.25, 0.3) is 22.3 Å². The lowest BCUT2D eigenvalue weighted by Gasteiger charge is -2.41. The molecule has 0 spiro atoms. The van der Waals surface area contributed by atoms with E-state index in [9.17, 15) is 2.74 Å². The highest BCUT2D eigenvalue weighted by atomic mass is 15.2. The summed E-state index contributed by atoms with van der Waals surface area (Å²) >= 11 is 0. The molecule has 2 fully saturated rings. The molecule has 2 saturated carbocycles. The molecule has 1 heteroatoms. The fraction of sp³-hybridized carbons (Fsp3) is 0.351. The van der Waals surface area contributed by atoms with Gasteiger partial charge in [0.1, 0.15) is 0 Å². The molecule has 4 aromatic carbocycles. The van der Waals surface area contributed by atoms with E-state index in [2.05, 4.69) is 124 Å². The highest BCUT2D eigenvalue weighted by Gasteiger charge is 2.41. The number of hydrogen-bond donors (Lipinski definition) is 0. The summed E-state index contributed by atoms with van der Waals surface area (Å²) in [7, 11) is 0. The van der Waals surface area contributed by atoms with Gasteiger partial charge in [0.25, 0.3) is 0 Å². The van der Waals surface area contributed by atoms with Crippen molar-refractivity contribution in [3.05, 3.63) is 107 Å². The molecule has 0 N–H and O–H groups in total. The fourth-order valence-electron chi connectivity index (χ4n) is 6.66. The Kier molecular flexibility index (Phi) is 4.74. The molecule has 0 heterocycles. The van der Waals surface area contributed by atoms with Gasteiger partial charge in [-0.05, 0) is 115 Å². The Morgan fingerprint density at radius 2 is 1.34 bits per heavy atom. The highest BCUT2D eigenvalue weighted by Crippen LogP contribution is 2.57. The molecule has 0 bridgehead atoms. The molecule has 0 saturated heterocycles. The zero-order chi connectivity index (χ0) is 28.1. The monoisotopic (exact) mass is 499 g/mol. The maximum Gasteiger partial charge on any atom is 0.0457 e. The lowest BCUT2D eigenvalue weighted by Crippen LogP contribution is -2.39. The molecule has 192 valence electrons. The summed E-state index contributed by atoms with van der Waals surface area (Å²) in [6.07, 6.45) is 3.54. The smallest absolute Gasteiger partial charge is 0.0457 e. The third-order valence-corrected chi connectivity index (χ3v) is 8.71. The van der Waals surface area contributed by atoms with Gasteiger partial charge in [0.05, 0.1) is 0 Å². The summed E-state index contributed by atoms with van der Waals surface area (Å²) in [5.74, 6) is -1.15. The Morgan fingerprint density at radius 1 is 0.684 bits per heavy atom. The van der Waals surface area contributed by atoms with Crippen molar-refractivity contribution in [1.82, 2.24) is 0 Å². The maximum absolute atomic E-state index is 9.47. The average Bonchev–Trinajstić information content (AvgIpc) is 3.85. The van der Waals surface area contributed by atoms with E-state index in [1.165, 1.54) is 22.3 Å². The van der Waals surface area contributed by atoms with Crippen molar-refractivity contribution < 1.29 is 2.74 Å². The number of anilines is 2. The van der Waals surface area contributed by atoms with Crippen molar-refractivity contribution in [1.29, 1.82) is 0 Å². The summed E-state index contributed by atoms with van der Waals surface area (Å²) in [4.78, 5) is 2.47. The minimum absolute atomic E-state index is 0.103. The van der Waals surface area contributed by atoms with E-state index in [1.807, 2.05) is 0 Å². The number of nitrogens with zero attached hydrogens (tertiary/aromatic N) is 1. The Balaban J connectivity index is 1.53. The largest absolute Gasteiger partial charge is 0.336 e. The van der Waals surface area contributed by atoms with E-state index in [0.29, 0.717) is 0 Å². The number of rotatable bonds is 5. The van der Waals surface area contributed by atoms with Crippen LogP contribution in [0, 0.1) is 0 Å². The zero-order valence-corrected chi connectivity index (χ0v) is 23.4. The highest BCUT2D eigenvalue weighted by molar-refractivity contribution is 5.88. The molecule has 0 unspecified atom stereocenters. The van der Waals surface area contributed by atoms with E-state index in [1.54, 1.807) is 0 Å². The van der Waals surface area contributed by atoms with Crippen molar-refractivity contribution in [3.8, 4) is 22.3 Å². The van der Waals surface area contributed by atoms with Crippen LogP contribution in [-0.2, 0) is 5.41 Å². The first kappa shape index (κ1) is 21.6. The summed E-state index contributed by atoms with van der Waals surface area (Å²) in [6, 6.07) is 30.7. The van der Waals surface area contributed by atoms with Crippen LogP contribution in [0.1, 0.15) is 97.1 Å². The van der Waals surface area contributed by atoms with Gasteiger partial charge < -0.3 is 4.90 Å². The first-order valence-electron chi connectivity index (χ1n) is 15.2. The van der Waals surface area contributed by atoms with Gasteiger partial charge >= 0.3 is 0 Å². The molecule has 4 aromatic rings. The molecule has 38 heavy (non-hydrogen) atoms. The predicted molar refractivity (Wildman–Crippen MR) is 162 cm³/mol. The van der Waals surface area contributed by atoms with Crippen molar-refractivity contribution in [2.24, 2.45) is 0 Å². The van der Waals surface area contributed by atoms with Crippen molar-refractivity contribution in [2.75, 3.05) is 4.90 Å². The van der Waals surface area contributed by atoms with Gasteiger partial charge in [-0.1, -0.05) is 86.6 Å². The summed E-state index contributed by atoms with van der Waals surface area (Å²) < 4.78 is 18.9. The fourth-order valence-corrected chi connectivity index (χ4v) is 6.66. The summed E-state index contributed by atoms with van der Waals surface area (Å²) in [6.45, 7) is 11.5. The molecule has 0 radical (unpaired) electrons. The van der Waals surface area contributed by atoms with Gasteiger partial charge in [0.15, 0.2) is 0 Å². The lowest BCUT2D eigenvalue weighted by molar-refractivity contribution is 0.557. The first-order valence-corrected chi connectivity index (χ1v) is 14.2. The topological polar surface area (TPSA) is 3.24 Å². The van der Waals surface area contributed by atoms with Crippen LogP contribution in [0.4, 0.5) is 11.4 Å². The second kappa shape index (κ2) is 8.34. The van der Waals surface area contributed by atoms with Gasteiger partial charge in [-0.3, -0.25) is 0 Å². The van der Waals surface area contributed by atoms with Gasteiger partial charge in [0.2, 0.25) is 0 Å². The second-order valence-corrected chi connectivity index (χ2v) is 12.9. The molecule has 0 amide bonds. The van der Waals surface area contributed by atoms with Gasteiger partial charge in [0, 0.05) is 25.1 Å². The standard InChI is InChI=1S/C37H39N/c1-36(2,3)38(33-17-11-15-27(35(33)26-20-21-26)24-12-7-6-8-13-24)34-23-30-28-14-9-10-16-31(28)37(4,5)32(30)22-29(34)25-18-19-25/h6-17,22-23,25-26H,18-21H2,1-5H3/i25D,26D. The maximum atomic E-state index is 9.47. The summed E-state index contributed by atoms with van der Waals surface area (Å²) in [5.41, 5.74) is 11.7. The summed E-state index contributed by atoms with van der Waals surface area (Å²) in [5, 5.41) is 0. The van der Waals surface area contributed by atoms with Crippen LogP contribution in [0.3, 0.4) is 0 Å². The Bertz CT molecular complexity index is 1640. The molecule has 3 aliphatic carbocycles. The zero-order valence-electron chi connectivity index (χ0n) is 25.4. The average molecular weight is 500 g/mol. The molecule has 3 aliphatic rings. The molecular formula is C37H39N. The van der Waals surface area contributed by atoms with Crippen molar-refractivity contribution >= 4 is 11.4 Å². The van der Waals surface area contributed by atoms with Crippen LogP contribution in [-0.4, -0.2) is 5.54 Å². The van der Waals surface area contributed by atoms with E-state index >= 15 is 0 Å². The van der Waals surface area contributed by atoms with Crippen LogP contribution >= 0.6 is 0 Å². The molecule has 0 aromatic heterocycles. The van der Waals surface area contributed by atoms with Gasteiger partial charge in [-0.15, -0.1) is 0 Å². The van der Waals surface area contributed by atoms with Crippen molar-refractivity contribution in [3.63, 3.8) is 0 Å². The number of benzene rings is 4. The third-order valence-electron chi connectivity index (χ3n) is 8.71. The molecule has 0 aliphatic heterocycles.